The van der Waals surface area contributed by atoms with E-state index in [9.17, 15) is 0 Å². The molecular formula is C16H33IN4O. The van der Waals surface area contributed by atoms with Crippen molar-refractivity contribution in [2.45, 2.75) is 62.9 Å². The quantitative estimate of drug-likeness (QED) is 0.315. The molecule has 1 saturated heterocycles. The van der Waals surface area contributed by atoms with Crippen LogP contribution in [0.3, 0.4) is 0 Å². The second kappa shape index (κ2) is 9.93. The molecule has 0 unspecified atom stereocenters. The van der Waals surface area contributed by atoms with Crippen LogP contribution in [0.2, 0.25) is 0 Å². The van der Waals surface area contributed by atoms with Crippen LogP contribution < -0.4 is 11.1 Å². The standard InChI is InChI=1S/C16H32N4O.HI/c1-20(2)16(9-11-21-12-10-16)13-18-15(17)19-14-7-5-3-4-6-8-14;/h14H,3-13H2,1-2H3,(H3,17,18,19);1H. The molecule has 0 aromatic rings. The minimum absolute atomic E-state index is 0. The highest BCUT2D eigenvalue weighted by molar-refractivity contribution is 14.0. The van der Waals surface area contributed by atoms with Crippen molar-refractivity contribution in [3.8, 4) is 0 Å². The number of nitrogens with zero attached hydrogens (tertiary/aromatic N) is 2. The Bertz CT molecular complexity index is 335. The Kier molecular flexibility index (Phi) is 9.01. The lowest BCUT2D eigenvalue weighted by Crippen LogP contribution is -2.51. The summed E-state index contributed by atoms with van der Waals surface area (Å²) in [5.41, 5.74) is 6.23. The number of nitrogens with two attached hydrogens (primary N) is 1. The number of nitrogens with one attached hydrogen (secondary N) is 1. The van der Waals surface area contributed by atoms with Gasteiger partial charge in [0.05, 0.1) is 6.54 Å². The molecule has 2 fully saturated rings. The Hall–Kier alpha value is -0.0800. The summed E-state index contributed by atoms with van der Waals surface area (Å²) in [4.78, 5) is 6.94. The first-order chi connectivity index (χ1) is 10.1. The summed E-state index contributed by atoms with van der Waals surface area (Å²) in [6, 6.07) is 0.515. The lowest BCUT2D eigenvalue weighted by atomic mass is 9.89. The van der Waals surface area contributed by atoms with Gasteiger partial charge in [0.2, 0.25) is 0 Å². The second-order valence-corrected chi connectivity index (χ2v) is 6.77. The number of likely N-dealkylation sites (N-methyl/N-ethyl adjacent to an activating group) is 1. The topological polar surface area (TPSA) is 62.9 Å². The van der Waals surface area contributed by atoms with E-state index in [4.69, 9.17) is 10.5 Å². The van der Waals surface area contributed by atoms with E-state index in [0.29, 0.717) is 12.0 Å². The molecule has 0 atom stereocenters. The number of ether oxygens (including phenoxy) is 1. The van der Waals surface area contributed by atoms with Gasteiger partial charge in [-0.25, -0.2) is 0 Å². The molecular weight excluding hydrogens is 391 g/mol. The maximum absolute atomic E-state index is 6.12. The van der Waals surface area contributed by atoms with E-state index < -0.39 is 0 Å². The molecule has 0 bridgehead atoms. The van der Waals surface area contributed by atoms with Crippen LogP contribution in [0.4, 0.5) is 0 Å². The van der Waals surface area contributed by atoms with E-state index in [1.165, 1.54) is 38.5 Å². The Labute approximate surface area is 152 Å². The zero-order valence-electron chi connectivity index (χ0n) is 14.1. The van der Waals surface area contributed by atoms with Crippen molar-refractivity contribution in [1.82, 2.24) is 10.2 Å². The SMILES string of the molecule is CN(C)C1(CN=C(N)NC2CCCCCC2)CCOCC1.I. The lowest BCUT2D eigenvalue weighted by molar-refractivity contribution is -0.00253. The van der Waals surface area contributed by atoms with Gasteiger partial charge in [0.25, 0.3) is 0 Å². The Morgan fingerprint density at radius 1 is 1.18 bits per heavy atom. The van der Waals surface area contributed by atoms with Gasteiger partial charge in [-0.1, -0.05) is 25.7 Å². The van der Waals surface area contributed by atoms with Gasteiger partial charge in [0.1, 0.15) is 0 Å². The molecule has 22 heavy (non-hydrogen) atoms. The van der Waals surface area contributed by atoms with E-state index in [2.05, 4.69) is 29.3 Å². The van der Waals surface area contributed by atoms with Crippen LogP contribution in [0.25, 0.3) is 0 Å². The summed E-state index contributed by atoms with van der Waals surface area (Å²) in [5, 5.41) is 3.43. The molecule has 2 aliphatic rings. The van der Waals surface area contributed by atoms with E-state index in [1.807, 2.05) is 0 Å². The van der Waals surface area contributed by atoms with E-state index in [1.54, 1.807) is 0 Å². The molecule has 2 rings (SSSR count). The van der Waals surface area contributed by atoms with Crippen LogP contribution >= 0.6 is 24.0 Å². The summed E-state index contributed by atoms with van der Waals surface area (Å²) in [7, 11) is 4.27. The van der Waals surface area contributed by atoms with Gasteiger partial charge in [0.15, 0.2) is 5.96 Å². The summed E-state index contributed by atoms with van der Waals surface area (Å²) >= 11 is 0. The Morgan fingerprint density at radius 3 is 2.32 bits per heavy atom. The number of halogens is 1. The third-order valence-corrected chi connectivity index (χ3v) is 5.12. The largest absolute Gasteiger partial charge is 0.381 e. The van der Waals surface area contributed by atoms with Gasteiger partial charge < -0.3 is 20.7 Å². The molecule has 5 nitrogen and oxygen atoms in total. The van der Waals surface area contributed by atoms with Gasteiger partial charge in [0, 0.05) is 24.8 Å². The fraction of sp³-hybridized carbons (Fsp3) is 0.938. The normalized spacial score (nSPS) is 23.7. The van der Waals surface area contributed by atoms with Crippen molar-refractivity contribution in [1.29, 1.82) is 0 Å². The van der Waals surface area contributed by atoms with E-state index >= 15 is 0 Å². The number of hydrogen-bond acceptors (Lipinski definition) is 3. The minimum Gasteiger partial charge on any atom is -0.381 e. The van der Waals surface area contributed by atoms with Crippen LogP contribution in [-0.2, 0) is 4.74 Å². The molecule has 1 saturated carbocycles. The van der Waals surface area contributed by atoms with Gasteiger partial charge in [-0.2, -0.15) is 0 Å². The van der Waals surface area contributed by atoms with Crippen LogP contribution in [0.15, 0.2) is 4.99 Å². The van der Waals surface area contributed by atoms with Crippen LogP contribution in [0.1, 0.15) is 51.4 Å². The predicted molar refractivity (Wildman–Crippen MR) is 103 cm³/mol. The summed E-state index contributed by atoms with van der Waals surface area (Å²) < 4.78 is 5.50. The molecule has 0 aromatic carbocycles. The maximum Gasteiger partial charge on any atom is 0.188 e. The van der Waals surface area contributed by atoms with Gasteiger partial charge >= 0.3 is 0 Å². The van der Waals surface area contributed by atoms with Gasteiger partial charge in [-0.3, -0.25) is 4.99 Å². The third kappa shape index (κ3) is 5.85. The summed E-state index contributed by atoms with van der Waals surface area (Å²) in [6.07, 6.45) is 9.85. The summed E-state index contributed by atoms with van der Waals surface area (Å²) in [5.74, 6) is 0.620. The van der Waals surface area contributed by atoms with E-state index in [-0.39, 0.29) is 29.5 Å². The number of guanidine groups is 1. The van der Waals surface area contributed by atoms with Crippen molar-refractivity contribution < 1.29 is 4.74 Å². The molecule has 1 aliphatic carbocycles. The zero-order chi connectivity index (χ0) is 15.1. The average Bonchev–Trinajstić information content (AvgIpc) is 2.74. The van der Waals surface area contributed by atoms with Crippen LogP contribution in [0.5, 0.6) is 0 Å². The average molecular weight is 424 g/mol. The van der Waals surface area contributed by atoms with Gasteiger partial charge in [-0.05, 0) is 39.8 Å². The van der Waals surface area contributed by atoms with Crippen LogP contribution in [-0.4, -0.2) is 56.3 Å². The molecule has 130 valence electrons. The van der Waals surface area contributed by atoms with Crippen molar-refractivity contribution in [3.05, 3.63) is 0 Å². The maximum atomic E-state index is 6.12. The Balaban J connectivity index is 0.00000242. The monoisotopic (exact) mass is 424 g/mol. The molecule has 1 heterocycles. The van der Waals surface area contributed by atoms with Crippen molar-refractivity contribution in [3.63, 3.8) is 0 Å². The van der Waals surface area contributed by atoms with Crippen molar-refractivity contribution in [2.24, 2.45) is 10.7 Å². The zero-order valence-corrected chi connectivity index (χ0v) is 16.5. The highest BCUT2D eigenvalue weighted by Gasteiger charge is 2.34. The van der Waals surface area contributed by atoms with Crippen molar-refractivity contribution >= 4 is 29.9 Å². The molecule has 3 N–H and O–H groups in total. The lowest BCUT2D eigenvalue weighted by Gasteiger charge is -2.41. The first-order valence-corrected chi connectivity index (χ1v) is 8.44. The molecule has 0 aromatic heterocycles. The smallest absolute Gasteiger partial charge is 0.188 e. The van der Waals surface area contributed by atoms with Crippen LogP contribution in [0, 0.1) is 0 Å². The summed E-state index contributed by atoms with van der Waals surface area (Å²) in [6.45, 7) is 2.40. The van der Waals surface area contributed by atoms with Gasteiger partial charge in [-0.15, -0.1) is 24.0 Å². The first-order valence-electron chi connectivity index (χ1n) is 8.44. The van der Waals surface area contributed by atoms with E-state index in [0.717, 1.165) is 32.6 Å². The second-order valence-electron chi connectivity index (χ2n) is 6.77. The highest BCUT2D eigenvalue weighted by Crippen LogP contribution is 2.26. The number of hydrogen-bond donors (Lipinski definition) is 2. The highest BCUT2D eigenvalue weighted by atomic mass is 127. The fourth-order valence-corrected chi connectivity index (χ4v) is 3.41. The molecule has 0 radical (unpaired) electrons. The predicted octanol–water partition coefficient (Wildman–Crippen LogP) is 2.34. The number of aliphatic imine (C=N–C) groups is 1. The molecule has 0 spiro atoms. The third-order valence-electron chi connectivity index (χ3n) is 5.12. The number of rotatable bonds is 4. The van der Waals surface area contributed by atoms with Crippen molar-refractivity contribution in [2.75, 3.05) is 33.9 Å². The Morgan fingerprint density at radius 2 is 1.77 bits per heavy atom. The molecule has 0 amide bonds. The first kappa shape index (κ1) is 20.0. The molecule has 6 heteroatoms. The molecule has 1 aliphatic heterocycles. The fourth-order valence-electron chi connectivity index (χ4n) is 3.41. The minimum atomic E-state index is 0.